The van der Waals surface area contributed by atoms with Crippen molar-refractivity contribution in [3.8, 4) is 17.0 Å². The Morgan fingerprint density at radius 2 is 1.84 bits per heavy atom. The minimum absolute atomic E-state index is 0.207. The Labute approximate surface area is 193 Å². The van der Waals surface area contributed by atoms with Gasteiger partial charge in [-0.15, -0.1) is 10.2 Å². The van der Waals surface area contributed by atoms with Crippen molar-refractivity contribution in [2.24, 2.45) is 5.92 Å². The second kappa shape index (κ2) is 11.5. The third kappa shape index (κ3) is 5.33. The predicted molar refractivity (Wildman–Crippen MR) is 133 cm³/mol. The molecule has 176 valence electrons. The maximum absolute atomic E-state index is 10.2. The molecule has 7 nitrogen and oxygen atoms in total. The first-order valence-electron chi connectivity index (χ1n) is 12.2. The van der Waals surface area contributed by atoms with Crippen LogP contribution in [0.5, 0.6) is 5.75 Å². The van der Waals surface area contributed by atoms with Gasteiger partial charge in [-0.3, -0.25) is 4.90 Å². The number of hydrogen-bond acceptors (Lipinski definition) is 7. The van der Waals surface area contributed by atoms with Gasteiger partial charge >= 0.3 is 0 Å². The first kappa shape index (κ1) is 24.3. The fraction of sp³-hybridized carbons (Fsp3) is 0.600. The molecule has 0 amide bonds. The topological polar surface area (TPSA) is 90.5 Å². The van der Waals surface area contributed by atoms with Crippen LogP contribution >= 0.6 is 0 Å². The van der Waals surface area contributed by atoms with Crippen LogP contribution in [0, 0.1) is 5.92 Å². The number of para-hydroxylation sites is 1. The third-order valence-corrected chi connectivity index (χ3v) is 6.61. The van der Waals surface area contributed by atoms with Crippen LogP contribution in [0.3, 0.4) is 0 Å². The highest BCUT2D eigenvalue weighted by molar-refractivity contribution is 5.74. The predicted octanol–water partition coefficient (Wildman–Crippen LogP) is 3.75. The van der Waals surface area contributed by atoms with Gasteiger partial charge in [-0.2, -0.15) is 0 Å². The Kier molecular flexibility index (Phi) is 8.70. The van der Waals surface area contributed by atoms with E-state index in [2.05, 4.69) is 39.3 Å². The second-order valence-electron chi connectivity index (χ2n) is 8.72. The fourth-order valence-corrected chi connectivity index (χ4v) is 5.20. The van der Waals surface area contributed by atoms with Crippen molar-refractivity contribution >= 4 is 11.5 Å². The molecule has 4 rings (SSSR count). The molecule has 32 heavy (non-hydrogen) atoms. The Bertz CT molecular complexity index is 840. The number of rotatable bonds is 8. The minimum Gasteiger partial charge on any atom is -0.507 e. The average Bonchev–Trinajstić information content (AvgIpc) is 3.03. The van der Waals surface area contributed by atoms with Crippen LogP contribution in [0.25, 0.3) is 11.3 Å². The second-order valence-corrected chi connectivity index (χ2v) is 8.72. The summed E-state index contributed by atoms with van der Waals surface area (Å²) in [5.41, 5.74) is 8.51. The molecule has 7 heteroatoms. The summed E-state index contributed by atoms with van der Waals surface area (Å²) in [5.74, 6) is 1.37. The number of piperazine rings is 1. The summed E-state index contributed by atoms with van der Waals surface area (Å²) in [5, 5.41) is 22.0. The van der Waals surface area contributed by atoms with E-state index in [0.29, 0.717) is 35.1 Å². The van der Waals surface area contributed by atoms with Gasteiger partial charge in [0.2, 0.25) is 0 Å². The van der Waals surface area contributed by atoms with Gasteiger partial charge in [0.15, 0.2) is 5.82 Å². The average molecular weight is 441 g/mol. The van der Waals surface area contributed by atoms with Crippen LogP contribution in [-0.2, 0) is 0 Å². The fourth-order valence-electron chi connectivity index (χ4n) is 5.20. The first-order valence-corrected chi connectivity index (χ1v) is 12.2. The number of anilines is 2. The quantitative estimate of drug-likeness (QED) is 0.576. The molecule has 2 fully saturated rings. The molecular formula is C25H40N6O. The van der Waals surface area contributed by atoms with Crippen molar-refractivity contribution in [1.82, 2.24) is 20.4 Å². The number of phenols is 1. The lowest BCUT2D eigenvalue weighted by Gasteiger charge is -2.43. The van der Waals surface area contributed by atoms with Crippen LogP contribution in [0.4, 0.5) is 11.5 Å². The lowest BCUT2D eigenvalue weighted by molar-refractivity contribution is 0.138. The van der Waals surface area contributed by atoms with E-state index in [4.69, 9.17) is 5.73 Å². The molecule has 2 aromatic rings. The summed E-state index contributed by atoms with van der Waals surface area (Å²) >= 11 is 0. The number of hydrogen-bond donors (Lipinski definition) is 3. The van der Waals surface area contributed by atoms with Crippen molar-refractivity contribution in [2.45, 2.75) is 58.5 Å². The third-order valence-electron chi connectivity index (χ3n) is 6.61. The van der Waals surface area contributed by atoms with Crippen molar-refractivity contribution in [3.63, 3.8) is 0 Å². The standard InChI is InChI=1S/C23H34N6O.C2H6/c1-3-6-16(12-25-2)13-29-17-9-10-18(29)15-28(14-17)21-11-20(26-27-23(21)24)19-7-4-5-8-22(19)30;1-2/h4-5,7-8,11,16-18,25,30H,3,6,9-10,12-15H2,1-2H3,(H2,24,27);1-2H3. The maximum Gasteiger partial charge on any atom is 0.169 e. The van der Waals surface area contributed by atoms with Crippen molar-refractivity contribution < 1.29 is 5.11 Å². The molecule has 1 aromatic heterocycles. The number of nitrogens with two attached hydrogens (primary N) is 1. The smallest absolute Gasteiger partial charge is 0.169 e. The van der Waals surface area contributed by atoms with Crippen molar-refractivity contribution in [3.05, 3.63) is 30.3 Å². The van der Waals surface area contributed by atoms with Gasteiger partial charge in [-0.05, 0) is 57.0 Å². The molecule has 0 radical (unpaired) electrons. The van der Waals surface area contributed by atoms with E-state index in [1.165, 1.54) is 32.2 Å². The molecule has 3 atom stereocenters. The van der Waals surface area contributed by atoms with E-state index < -0.39 is 0 Å². The zero-order valence-electron chi connectivity index (χ0n) is 20.1. The number of phenolic OH excluding ortho intramolecular Hbond substituents is 1. The summed E-state index contributed by atoms with van der Waals surface area (Å²) in [6, 6.07) is 10.3. The Morgan fingerprint density at radius 1 is 1.16 bits per heavy atom. The van der Waals surface area contributed by atoms with E-state index >= 15 is 0 Å². The highest BCUT2D eigenvalue weighted by Gasteiger charge is 2.41. The normalized spacial score (nSPS) is 21.2. The number of nitrogens with one attached hydrogen (secondary N) is 1. The summed E-state index contributed by atoms with van der Waals surface area (Å²) in [6.45, 7) is 10.5. The zero-order chi connectivity index (χ0) is 23.1. The van der Waals surface area contributed by atoms with Crippen LogP contribution in [-0.4, -0.2) is 65.5 Å². The van der Waals surface area contributed by atoms with Gasteiger partial charge in [0.1, 0.15) is 5.75 Å². The molecule has 3 heterocycles. The Morgan fingerprint density at radius 3 is 2.47 bits per heavy atom. The van der Waals surface area contributed by atoms with Gasteiger partial charge in [0, 0.05) is 37.3 Å². The van der Waals surface area contributed by atoms with E-state index in [1.54, 1.807) is 12.1 Å². The lowest BCUT2D eigenvalue weighted by Crippen LogP contribution is -2.55. The van der Waals surface area contributed by atoms with Crippen LogP contribution in [0.15, 0.2) is 30.3 Å². The molecule has 2 aliphatic rings. The van der Waals surface area contributed by atoms with E-state index in [-0.39, 0.29) is 5.75 Å². The molecule has 3 unspecified atom stereocenters. The van der Waals surface area contributed by atoms with Crippen LogP contribution in [0.2, 0.25) is 0 Å². The maximum atomic E-state index is 10.2. The van der Waals surface area contributed by atoms with Gasteiger partial charge < -0.3 is 21.1 Å². The number of benzene rings is 1. The molecule has 2 aliphatic heterocycles. The van der Waals surface area contributed by atoms with Crippen LogP contribution in [0.1, 0.15) is 46.5 Å². The molecule has 2 saturated heterocycles. The lowest BCUT2D eigenvalue weighted by atomic mass is 10.0. The first-order chi connectivity index (χ1) is 15.6. The number of aromatic hydroxyl groups is 1. The largest absolute Gasteiger partial charge is 0.507 e. The summed E-state index contributed by atoms with van der Waals surface area (Å²) in [4.78, 5) is 5.11. The Hall–Kier alpha value is -2.38. The summed E-state index contributed by atoms with van der Waals surface area (Å²) in [7, 11) is 2.05. The number of nitrogen functional groups attached to an aromatic ring is 1. The molecule has 0 aliphatic carbocycles. The van der Waals surface area contributed by atoms with Crippen molar-refractivity contribution in [1.29, 1.82) is 0 Å². The number of aromatic nitrogens is 2. The van der Waals surface area contributed by atoms with Gasteiger partial charge in [-0.1, -0.05) is 39.3 Å². The molecular weight excluding hydrogens is 400 g/mol. The van der Waals surface area contributed by atoms with Crippen molar-refractivity contribution in [2.75, 3.05) is 43.9 Å². The van der Waals surface area contributed by atoms with Gasteiger partial charge in [0.25, 0.3) is 0 Å². The summed E-state index contributed by atoms with van der Waals surface area (Å²) < 4.78 is 0. The van der Waals surface area contributed by atoms with Crippen LogP contribution < -0.4 is 16.0 Å². The number of fused-ring (bicyclic) bond motifs is 2. The minimum atomic E-state index is 0.207. The zero-order valence-corrected chi connectivity index (χ0v) is 20.1. The van der Waals surface area contributed by atoms with E-state index in [1.807, 2.05) is 32.0 Å². The molecule has 1 aromatic carbocycles. The van der Waals surface area contributed by atoms with Gasteiger partial charge in [0.05, 0.1) is 11.4 Å². The molecule has 0 spiro atoms. The highest BCUT2D eigenvalue weighted by Crippen LogP contribution is 2.37. The molecule has 0 saturated carbocycles. The number of nitrogens with zero attached hydrogens (tertiary/aromatic N) is 4. The van der Waals surface area contributed by atoms with Gasteiger partial charge in [-0.25, -0.2) is 0 Å². The summed E-state index contributed by atoms with van der Waals surface area (Å²) in [6.07, 6.45) is 4.98. The highest BCUT2D eigenvalue weighted by atomic mass is 16.3. The molecule has 4 N–H and O–H groups in total. The molecule has 2 bridgehead atoms. The SMILES string of the molecule is CC.CCCC(CNC)CN1C2CCC1CN(c1cc(-c3ccccc3O)nnc1N)C2. The monoisotopic (exact) mass is 440 g/mol. The van der Waals surface area contributed by atoms with E-state index in [9.17, 15) is 5.11 Å². The Balaban J connectivity index is 0.00000141. The van der Waals surface area contributed by atoms with E-state index in [0.717, 1.165) is 25.3 Å².